The Kier molecular flexibility index (Phi) is 7.23. The highest BCUT2D eigenvalue weighted by atomic mass is 32.1. The van der Waals surface area contributed by atoms with Gasteiger partial charge in [-0.3, -0.25) is 9.36 Å². The standard InChI is InChI=1S/C28H32N4O3S/c1-3-30(4-2)22-11-9-20(10-12-22)23-19-36-27(29-23)21-13-16-31(17-14-21)26(33)15-18-32-24-7-5-6-8-25(24)35-28(32)34/h5-12,19,21H,3-4,13-18H2,1-2H3. The summed E-state index contributed by atoms with van der Waals surface area (Å²) < 4.78 is 6.82. The van der Waals surface area contributed by atoms with Crippen LogP contribution in [-0.2, 0) is 11.3 Å². The smallest absolute Gasteiger partial charge is 0.408 e. The van der Waals surface area contributed by atoms with Gasteiger partial charge < -0.3 is 14.2 Å². The van der Waals surface area contributed by atoms with E-state index in [4.69, 9.17) is 9.40 Å². The number of nitrogens with zero attached hydrogens (tertiary/aromatic N) is 4. The van der Waals surface area contributed by atoms with E-state index >= 15 is 0 Å². The molecule has 188 valence electrons. The lowest BCUT2D eigenvalue weighted by Crippen LogP contribution is -2.38. The molecule has 2 aromatic carbocycles. The van der Waals surface area contributed by atoms with Gasteiger partial charge in [-0.05, 0) is 51.0 Å². The van der Waals surface area contributed by atoms with E-state index in [1.807, 2.05) is 23.1 Å². The molecule has 1 saturated heterocycles. The SMILES string of the molecule is CCN(CC)c1ccc(-c2csc(C3CCN(C(=O)CCn4c(=O)oc5ccccc54)CC3)n2)cc1. The number of aromatic nitrogens is 2. The summed E-state index contributed by atoms with van der Waals surface area (Å²) in [6, 6.07) is 16.0. The van der Waals surface area contributed by atoms with Gasteiger partial charge in [0.25, 0.3) is 0 Å². The summed E-state index contributed by atoms with van der Waals surface area (Å²) in [7, 11) is 0. The maximum absolute atomic E-state index is 12.9. The van der Waals surface area contributed by atoms with E-state index in [1.54, 1.807) is 22.0 Å². The fourth-order valence-electron chi connectivity index (χ4n) is 5.01. The van der Waals surface area contributed by atoms with Gasteiger partial charge in [0.15, 0.2) is 5.58 Å². The van der Waals surface area contributed by atoms with Crippen molar-refractivity contribution in [2.75, 3.05) is 31.1 Å². The molecule has 5 rings (SSSR count). The van der Waals surface area contributed by atoms with Gasteiger partial charge in [-0.1, -0.05) is 24.3 Å². The molecular weight excluding hydrogens is 472 g/mol. The van der Waals surface area contributed by atoms with Crippen molar-refractivity contribution >= 4 is 34.0 Å². The van der Waals surface area contributed by atoms with Crippen LogP contribution < -0.4 is 10.7 Å². The van der Waals surface area contributed by atoms with Crippen LogP contribution in [0, 0.1) is 0 Å². The van der Waals surface area contributed by atoms with E-state index < -0.39 is 5.76 Å². The molecule has 8 heteroatoms. The molecule has 1 aliphatic rings. The molecule has 36 heavy (non-hydrogen) atoms. The van der Waals surface area contributed by atoms with Crippen LogP contribution in [0.15, 0.2) is 63.1 Å². The average molecular weight is 505 g/mol. The number of thiazole rings is 1. The van der Waals surface area contributed by atoms with E-state index in [2.05, 4.69) is 48.4 Å². The first-order valence-electron chi connectivity index (χ1n) is 12.7. The Morgan fingerprint density at radius 1 is 1.08 bits per heavy atom. The highest BCUT2D eigenvalue weighted by Crippen LogP contribution is 2.33. The van der Waals surface area contributed by atoms with Crippen LogP contribution in [0.1, 0.15) is 44.0 Å². The number of para-hydroxylation sites is 2. The Balaban J connectivity index is 1.16. The maximum atomic E-state index is 12.9. The summed E-state index contributed by atoms with van der Waals surface area (Å²) >= 11 is 1.72. The Labute approximate surface area is 215 Å². The molecule has 0 N–H and O–H groups in total. The van der Waals surface area contributed by atoms with Crippen LogP contribution in [0.25, 0.3) is 22.4 Å². The third-order valence-corrected chi connectivity index (χ3v) is 8.14. The molecule has 1 amide bonds. The van der Waals surface area contributed by atoms with Crippen LogP contribution in [-0.4, -0.2) is 46.5 Å². The summed E-state index contributed by atoms with van der Waals surface area (Å²) in [5.74, 6) is 0.0481. The number of rotatable bonds is 8. The number of amides is 1. The number of benzene rings is 2. The van der Waals surface area contributed by atoms with Crippen LogP contribution in [0.5, 0.6) is 0 Å². The molecular formula is C28H32N4O3S. The molecule has 0 unspecified atom stereocenters. The highest BCUT2D eigenvalue weighted by molar-refractivity contribution is 7.10. The average Bonchev–Trinajstić information content (AvgIpc) is 3.53. The zero-order chi connectivity index (χ0) is 25.1. The van der Waals surface area contributed by atoms with Crippen molar-refractivity contribution < 1.29 is 9.21 Å². The molecule has 7 nitrogen and oxygen atoms in total. The number of anilines is 1. The van der Waals surface area contributed by atoms with Gasteiger partial charge in [-0.2, -0.15) is 0 Å². The Morgan fingerprint density at radius 2 is 1.81 bits per heavy atom. The summed E-state index contributed by atoms with van der Waals surface area (Å²) in [5.41, 5.74) is 4.69. The minimum Gasteiger partial charge on any atom is -0.408 e. The molecule has 2 aromatic heterocycles. The molecule has 1 fully saturated rings. The predicted molar refractivity (Wildman–Crippen MR) is 145 cm³/mol. The normalized spacial score (nSPS) is 14.4. The van der Waals surface area contributed by atoms with Crippen molar-refractivity contribution in [2.24, 2.45) is 0 Å². The number of likely N-dealkylation sites (tertiary alicyclic amines) is 1. The fraction of sp³-hybridized carbons (Fsp3) is 0.393. The van der Waals surface area contributed by atoms with Gasteiger partial charge >= 0.3 is 5.76 Å². The molecule has 0 radical (unpaired) electrons. The van der Waals surface area contributed by atoms with E-state index in [9.17, 15) is 9.59 Å². The zero-order valence-electron chi connectivity index (χ0n) is 20.9. The summed E-state index contributed by atoms with van der Waals surface area (Å²) in [6.07, 6.45) is 2.11. The van der Waals surface area contributed by atoms with E-state index in [1.165, 1.54) is 5.69 Å². The third-order valence-electron chi connectivity index (χ3n) is 7.13. The van der Waals surface area contributed by atoms with Crippen molar-refractivity contribution in [2.45, 2.75) is 45.6 Å². The summed E-state index contributed by atoms with van der Waals surface area (Å²) in [5, 5.41) is 3.30. The van der Waals surface area contributed by atoms with E-state index in [0.29, 0.717) is 24.5 Å². The first-order valence-corrected chi connectivity index (χ1v) is 13.6. The number of hydrogen-bond acceptors (Lipinski definition) is 6. The monoisotopic (exact) mass is 504 g/mol. The number of carbonyl (C=O) groups is 1. The lowest BCUT2D eigenvalue weighted by Gasteiger charge is -2.31. The van der Waals surface area contributed by atoms with Crippen molar-refractivity contribution in [1.29, 1.82) is 0 Å². The second-order valence-corrected chi connectivity index (χ2v) is 10.1. The summed E-state index contributed by atoms with van der Waals surface area (Å²) in [6.45, 7) is 8.11. The maximum Gasteiger partial charge on any atom is 0.419 e. The number of fused-ring (bicyclic) bond motifs is 1. The number of aryl methyl sites for hydroxylation is 1. The number of hydrogen-bond donors (Lipinski definition) is 0. The minimum atomic E-state index is -0.412. The molecule has 0 aliphatic carbocycles. The molecule has 3 heterocycles. The Hall–Kier alpha value is -3.39. The van der Waals surface area contributed by atoms with Crippen LogP contribution in [0.4, 0.5) is 5.69 Å². The minimum absolute atomic E-state index is 0.0822. The molecule has 1 aliphatic heterocycles. The Bertz CT molecular complexity index is 1380. The molecule has 0 saturated carbocycles. The molecule has 0 atom stereocenters. The van der Waals surface area contributed by atoms with Gasteiger partial charge in [-0.25, -0.2) is 9.78 Å². The fourth-order valence-corrected chi connectivity index (χ4v) is 6.01. The van der Waals surface area contributed by atoms with Crippen molar-refractivity contribution in [3.8, 4) is 11.3 Å². The Morgan fingerprint density at radius 3 is 2.53 bits per heavy atom. The first-order chi connectivity index (χ1) is 17.6. The van der Waals surface area contributed by atoms with E-state index in [0.717, 1.165) is 60.8 Å². The predicted octanol–water partition coefficient (Wildman–Crippen LogP) is 5.36. The van der Waals surface area contributed by atoms with Gasteiger partial charge in [0.05, 0.1) is 16.2 Å². The topological polar surface area (TPSA) is 71.6 Å². The van der Waals surface area contributed by atoms with Crippen molar-refractivity contribution in [3.05, 3.63) is 69.5 Å². The lowest BCUT2D eigenvalue weighted by atomic mass is 9.97. The summed E-state index contributed by atoms with van der Waals surface area (Å²) in [4.78, 5) is 34.2. The van der Waals surface area contributed by atoms with Gasteiger partial charge in [0, 0.05) is 61.7 Å². The second-order valence-electron chi connectivity index (χ2n) is 9.18. The van der Waals surface area contributed by atoms with Crippen LogP contribution >= 0.6 is 11.3 Å². The van der Waals surface area contributed by atoms with Crippen molar-refractivity contribution in [3.63, 3.8) is 0 Å². The van der Waals surface area contributed by atoms with Crippen molar-refractivity contribution in [1.82, 2.24) is 14.5 Å². The van der Waals surface area contributed by atoms with E-state index in [-0.39, 0.29) is 5.91 Å². The second kappa shape index (κ2) is 10.7. The zero-order valence-corrected chi connectivity index (χ0v) is 21.7. The lowest BCUT2D eigenvalue weighted by molar-refractivity contribution is -0.132. The van der Waals surface area contributed by atoms with Gasteiger partial charge in [0.1, 0.15) is 0 Å². The highest BCUT2D eigenvalue weighted by Gasteiger charge is 2.26. The van der Waals surface area contributed by atoms with Crippen LogP contribution in [0.2, 0.25) is 0 Å². The molecule has 0 spiro atoms. The number of oxazole rings is 1. The third kappa shape index (κ3) is 4.95. The largest absolute Gasteiger partial charge is 0.419 e. The van der Waals surface area contributed by atoms with Gasteiger partial charge in [-0.15, -0.1) is 11.3 Å². The number of piperidine rings is 1. The number of carbonyl (C=O) groups excluding carboxylic acids is 1. The quantitative estimate of drug-likeness (QED) is 0.323. The first kappa shape index (κ1) is 24.3. The molecule has 0 bridgehead atoms. The molecule has 4 aromatic rings. The van der Waals surface area contributed by atoms with Gasteiger partial charge in [0.2, 0.25) is 5.91 Å². The van der Waals surface area contributed by atoms with Crippen LogP contribution in [0.3, 0.4) is 0 Å².